The van der Waals surface area contributed by atoms with E-state index in [0.29, 0.717) is 24.2 Å². The quantitative estimate of drug-likeness (QED) is 0.604. The van der Waals surface area contributed by atoms with Gasteiger partial charge in [-0.1, -0.05) is 0 Å². The minimum absolute atomic E-state index is 0.0417. The molecule has 0 bridgehead atoms. The van der Waals surface area contributed by atoms with Crippen LogP contribution >= 0.6 is 0 Å². The molecule has 0 aliphatic heterocycles. The van der Waals surface area contributed by atoms with Gasteiger partial charge in [-0.3, -0.25) is 19.7 Å². The van der Waals surface area contributed by atoms with E-state index in [1.807, 2.05) is 6.92 Å². The molecule has 1 atom stereocenters. The van der Waals surface area contributed by atoms with Crippen LogP contribution in [-0.4, -0.2) is 43.8 Å². The normalized spacial score (nSPS) is 19.8. The van der Waals surface area contributed by atoms with E-state index in [-0.39, 0.29) is 17.6 Å². The topological polar surface area (TPSA) is 122 Å². The Hall–Kier alpha value is -3.20. The van der Waals surface area contributed by atoms with E-state index in [9.17, 15) is 14.7 Å². The molecule has 0 saturated heterocycles. The third kappa shape index (κ3) is 3.24. The Balaban J connectivity index is 1.65. The molecule has 1 aliphatic rings. The number of aliphatic hydroxyl groups is 1. The molecule has 4 rings (SSSR count). The Bertz CT molecular complexity index is 1080. The highest BCUT2D eigenvalue weighted by Gasteiger charge is 2.36. The third-order valence-corrected chi connectivity index (χ3v) is 5.10. The highest BCUT2D eigenvalue weighted by Crippen LogP contribution is 2.38. The van der Waals surface area contributed by atoms with E-state index in [2.05, 4.69) is 20.4 Å². The Morgan fingerprint density at radius 1 is 1.36 bits per heavy atom. The number of hydrogen-bond donors (Lipinski definition) is 3. The summed E-state index contributed by atoms with van der Waals surface area (Å²) in [6, 6.07) is 3.12. The fraction of sp³-hybridized carbons (Fsp3) is 0.368. The van der Waals surface area contributed by atoms with Gasteiger partial charge in [0.15, 0.2) is 5.65 Å². The first-order valence-electron chi connectivity index (χ1n) is 9.01. The fourth-order valence-corrected chi connectivity index (χ4v) is 3.55. The van der Waals surface area contributed by atoms with E-state index < -0.39 is 17.5 Å². The monoisotopic (exact) mass is 383 g/mol. The molecule has 0 aromatic carbocycles. The molecular formula is C19H21N5O4. The molecule has 0 unspecified atom stereocenters. The van der Waals surface area contributed by atoms with Gasteiger partial charge in [0.25, 0.3) is 11.5 Å². The minimum atomic E-state index is -0.520. The first kappa shape index (κ1) is 18.2. The smallest absolute Gasteiger partial charge is 0.285 e. The summed E-state index contributed by atoms with van der Waals surface area (Å²) in [6.07, 6.45) is 5.27. The van der Waals surface area contributed by atoms with Gasteiger partial charge < -0.3 is 15.2 Å². The summed E-state index contributed by atoms with van der Waals surface area (Å²) in [5.41, 5.74) is 1.46. The SMILES string of the molecule is COc1cncc([C@H](NC(=O)c2cnc3cc(C)[nH]n3c2=O)C2CC(O)C2)c1. The van der Waals surface area contributed by atoms with Crippen molar-refractivity contribution in [1.29, 1.82) is 0 Å². The summed E-state index contributed by atoms with van der Waals surface area (Å²) in [6.45, 7) is 1.81. The maximum Gasteiger partial charge on any atom is 0.285 e. The number of ether oxygens (including phenoxy) is 1. The second-order valence-corrected chi connectivity index (χ2v) is 7.10. The van der Waals surface area contributed by atoms with Crippen molar-refractivity contribution in [2.24, 2.45) is 5.92 Å². The van der Waals surface area contributed by atoms with Crippen molar-refractivity contribution in [3.63, 3.8) is 0 Å². The van der Waals surface area contributed by atoms with Gasteiger partial charge in [-0.25, -0.2) is 9.50 Å². The Kier molecular flexibility index (Phi) is 4.60. The minimum Gasteiger partial charge on any atom is -0.495 e. The Morgan fingerprint density at radius 2 is 2.14 bits per heavy atom. The Labute approximate surface area is 160 Å². The number of aliphatic hydroxyl groups excluding tert-OH is 1. The van der Waals surface area contributed by atoms with Crippen molar-refractivity contribution in [3.8, 4) is 5.75 Å². The number of hydrogen-bond acceptors (Lipinski definition) is 6. The molecule has 146 valence electrons. The van der Waals surface area contributed by atoms with Gasteiger partial charge in [0.1, 0.15) is 11.3 Å². The molecule has 28 heavy (non-hydrogen) atoms. The molecule has 1 amide bonds. The van der Waals surface area contributed by atoms with Crippen LogP contribution in [0.4, 0.5) is 0 Å². The second kappa shape index (κ2) is 7.08. The molecule has 3 N–H and O–H groups in total. The van der Waals surface area contributed by atoms with Crippen LogP contribution in [0.5, 0.6) is 5.75 Å². The van der Waals surface area contributed by atoms with Crippen LogP contribution in [0.3, 0.4) is 0 Å². The summed E-state index contributed by atoms with van der Waals surface area (Å²) in [7, 11) is 1.54. The molecule has 3 aromatic heterocycles. The van der Waals surface area contributed by atoms with Crippen LogP contribution in [-0.2, 0) is 0 Å². The molecule has 1 saturated carbocycles. The largest absolute Gasteiger partial charge is 0.495 e. The van der Waals surface area contributed by atoms with Gasteiger partial charge in [0.05, 0.1) is 25.5 Å². The van der Waals surface area contributed by atoms with E-state index >= 15 is 0 Å². The second-order valence-electron chi connectivity index (χ2n) is 7.10. The van der Waals surface area contributed by atoms with E-state index in [4.69, 9.17) is 4.74 Å². The van der Waals surface area contributed by atoms with Gasteiger partial charge in [0.2, 0.25) is 0 Å². The third-order valence-electron chi connectivity index (χ3n) is 5.10. The number of carbonyl (C=O) groups excluding carboxylic acids is 1. The van der Waals surface area contributed by atoms with Crippen LogP contribution in [0.2, 0.25) is 0 Å². The number of H-pyrrole nitrogens is 1. The van der Waals surface area contributed by atoms with Crippen molar-refractivity contribution in [3.05, 3.63) is 57.9 Å². The van der Waals surface area contributed by atoms with Crippen LogP contribution in [0.15, 0.2) is 35.5 Å². The van der Waals surface area contributed by atoms with Crippen molar-refractivity contribution in [2.75, 3.05) is 7.11 Å². The van der Waals surface area contributed by atoms with E-state index in [1.165, 1.54) is 10.7 Å². The highest BCUT2D eigenvalue weighted by atomic mass is 16.5. The molecule has 3 aromatic rings. The molecular weight excluding hydrogens is 362 g/mol. The van der Waals surface area contributed by atoms with Crippen molar-refractivity contribution >= 4 is 11.6 Å². The average Bonchev–Trinajstić information content (AvgIpc) is 3.05. The number of nitrogens with one attached hydrogen (secondary N) is 2. The van der Waals surface area contributed by atoms with Crippen LogP contribution in [0.25, 0.3) is 5.65 Å². The summed E-state index contributed by atoms with van der Waals surface area (Å²) in [5, 5.41) is 15.5. The number of carbonyl (C=O) groups is 1. The molecule has 1 fully saturated rings. The summed E-state index contributed by atoms with van der Waals surface area (Å²) >= 11 is 0. The van der Waals surface area contributed by atoms with Crippen molar-refractivity contribution < 1.29 is 14.6 Å². The molecule has 9 nitrogen and oxygen atoms in total. The lowest BCUT2D eigenvalue weighted by Gasteiger charge is -2.38. The summed E-state index contributed by atoms with van der Waals surface area (Å²) < 4.78 is 6.47. The van der Waals surface area contributed by atoms with Gasteiger partial charge in [-0.05, 0) is 37.3 Å². The molecule has 1 aliphatic carbocycles. The fourth-order valence-electron chi connectivity index (χ4n) is 3.55. The number of aryl methyl sites for hydroxylation is 1. The lowest BCUT2D eigenvalue weighted by molar-refractivity contribution is 0.0234. The zero-order valence-electron chi connectivity index (χ0n) is 15.5. The molecule has 9 heteroatoms. The number of nitrogens with zero attached hydrogens (tertiary/aromatic N) is 3. The van der Waals surface area contributed by atoms with Gasteiger partial charge in [0, 0.05) is 24.2 Å². The average molecular weight is 383 g/mol. The first-order valence-corrected chi connectivity index (χ1v) is 9.01. The molecule has 0 spiro atoms. The number of aromatic nitrogens is 4. The first-order chi connectivity index (χ1) is 13.5. The van der Waals surface area contributed by atoms with E-state index in [1.54, 1.807) is 31.6 Å². The predicted molar refractivity (Wildman–Crippen MR) is 100 cm³/mol. The Morgan fingerprint density at radius 3 is 2.86 bits per heavy atom. The van der Waals surface area contributed by atoms with Crippen molar-refractivity contribution in [1.82, 2.24) is 24.9 Å². The highest BCUT2D eigenvalue weighted by molar-refractivity contribution is 5.94. The maximum atomic E-state index is 12.9. The number of methoxy groups -OCH3 is 1. The van der Waals surface area contributed by atoms with Gasteiger partial charge in [-0.2, -0.15) is 0 Å². The number of fused-ring (bicyclic) bond motifs is 1. The molecule has 3 heterocycles. The van der Waals surface area contributed by atoms with Crippen LogP contribution in [0, 0.1) is 12.8 Å². The maximum absolute atomic E-state index is 12.9. The predicted octanol–water partition coefficient (Wildman–Crippen LogP) is 0.977. The lowest BCUT2D eigenvalue weighted by atomic mass is 9.75. The van der Waals surface area contributed by atoms with Crippen LogP contribution in [0.1, 0.15) is 40.5 Å². The molecule has 0 radical (unpaired) electrons. The van der Waals surface area contributed by atoms with E-state index in [0.717, 1.165) is 11.3 Å². The summed E-state index contributed by atoms with van der Waals surface area (Å²) in [4.78, 5) is 33.9. The standard InChI is InChI=1S/C19H21N5O4/c1-10-3-16-21-9-15(19(27)24(16)23-10)18(26)22-17(11-4-13(25)5-11)12-6-14(28-2)8-20-7-12/h3,6-9,11,13,17,23,25H,4-5H2,1-2H3,(H,22,26)/t11?,13?,17-/m1/s1. The number of amides is 1. The summed E-state index contributed by atoms with van der Waals surface area (Å²) in [5.74, 6) is 0.0926. The zero-order chi connectivity index (χ0) is 19.8. The van der Waals surface area contributed by atoms with Crippen LogP contribution < -0.4 is 15.6 Å². The zero-order valence-corrected chi connectivity index (χ0v) is 15.5. The van der Waals surface area contributed by atoms with Gasteiger partial charge in [-0.15, -0.1) is 0 Å². The van der Waals surface area contributed by atoms with Crippen molar-refractivity contribution in [2.45, 2.75) is 31.9 Å². The number of pyridine rings is 1. The number of rotatable bonds is 5. The number of aromatic amines is 1. The van der Waals surface area contributed by atoms with Gasteiger partial charge >= 0.3 is 0 Å². The lowest BCUT2D eigenvalue weighted by Crippen LogP contribution is -2.42.